The predicted molar refractivity (Wildman–Crippen MR) is 131 cm³/mol. The van der Waals surface area contributed by atoms with Gasteiger partial charge in [0.15, 0.2) is 5.82 Å². The zero-order valence-corrected chi connectivity index (χ0v) is 20.6. The van der Waals surface area contributed by atoms with E-state index < -0.39 is 12.2 Å². The normalized spacial score (nSPS) is 21.5. The topological polar surface area (TPSA) is 92.5 Å². The third-order valence-electron chi connectivity index (χ3n) is 6.82. The Morgan fingerprint density at radius 1 is 1.00 bits per heavy atom. The van der Waals surface area contributed by atoms with Crippen LogP contribution in [-0.2, 0) is 9.53 Å². The van der Waals surface area contributed by atoms with Gasteiger partial charge in [-0.1, -0.05) is 12.1 Å². The lowest BCUT2D eigenvalue weighted by molar-refractivity contribution is -0.118. The van der Waals surface area contributed by atoms with Gasteiger partial charge in [0, 0.05) is 32.7 Å². The van der Waals surface area contributed by atoms with Crippen LogP contribution in [0.5, 0.6) is 0 Å². The molecule has 12 heteroatoms. The molecule has 2 atom stereocenters. The number of alkyl halides is 2. The van der Waals surface area contributed by atoms with Gasteiger partial charge >= 0.3 is 0 Å². The number of imidazole rings is 1. The molecule has 0 unspecified atom stereocenters. The van der Waals surface area contributed by atoms with E-state index in [1.165, 1.54) is 4.57 Å². The summed E-state index contributed by atoms with van der Waals surface area (Å²) in [5.41, 5.74) is 0.952. The zero-order chi connectivity index (χ0) is 25.4. The number of Topliss-reactive ketones (excluding diaryl/α,β-unsaturated/α-hetero) is 1. The monoisotopic (exact) mass is 500 g/mol. The van der Waals surface area contributed by atoms with E-state index in [0.29, 0.717) is 68.8 Å². The number of ketones is 1. The summed E-state index contributed by atoms with van der Waals surface area (Å²) >= 11 is 0. The third kappa shape index (κ3) is 4.74. The van der Waals surface area contributed by atoms with Gasteiger partial charge in [0.1, 0.15) is 5.78 Å². The quantitative estimate of drug-likeness (QED) is 0.506. The zero-order valence-electron chi connectivity index (χ0n) is 20.6. The fraction of sp³-hybridized carbons (Fsp3) is 0.542. The van der Waals surface area contributed by atoms with Crippen molar-refractivity contribution in [1.29, 1.82) is 0 Å². The van der Waals surface area contributed by atoms with Crippen LogP contribution in [0.1, 0.15) is 33.0 Å². The first-order chi connectivity index (χ1) is 17.3. The molecule has 2 aromatic heterocycles. The number of hydrogen-bond acceptors (Lipinski definition) is 9. The molecule has 4 heterocycles. The van der Waals surface area contributed by atoms with Crippen LogP contribution < -0.4 is 9.80 Å². The predicted octanol–water partition coefficient (Wildman–Crippen LogP) is 2.47. The number of anilines is 2. The number of ether oxygens (including phenoxy) is 1. The van der Waals surface area contributed by atoms with E-state index in [4.69, 9.17) is 9.72 Å². The lowest BCUT2D eigenvalue weighted by atomic mass is 10.1. The molecule has 0 amide bonds. The molecule has 192 valence electrons. The van der Waals surface area contributed by atoms with Gasteiger partial charge in [-0.25, -0.2) is 13.8 Å². The summed E-state index contributed by atoms with van der Waals surface area (Å²) in [6, 6.07) is 6.95. The summed E-state index contributed by atoms with van der Waals surface area (Å²) in [4.78, 5) is 36.0. The molecule has 2 aliphatic heterocycles. The average molecular weight is 501 g/mol. The van der Waals surface area contributed by atoms with Crippen molar-refractivity contribution in [2.45, 2.75) is 39.3 Å². The van der Waals surface area contributed by atoms with Crippen LogP contribution >= 0.6 is 0 Å². The number of carbonyl (C=O) groups is 1. The molecule has 0 bridgehead atoms. The fourth-order valence-corrected chi connectivity index (χ4v) is 4.75. The second-order valence-electron chi connectivity index (χ2n) is 9.31. The average Bonchev–Trinajstić information content (AvgIpc) is 3.26. The maximum atomic E-state index is 14.1. The lowest BCUT2D eigenvalue weighted by Crippen LogP contribution is -2.50. The summed E-state index contributed by atoms with van der Waals surface area (Å²) in [5.74, 6) is 0.657. The number of para-hydroxylation sites is 2. The first-order valence-corrected chi connectivity index (χ1v) is 12.2. The molecule has 0 saturated carbocycles. The van der Waals surface area contributed by atoms with Gasteiger partial charge in [0.25, 0.3) is 6.43 Å². The number of rotatable bonds is 6. The van der Waals surface area contributed by atoms with Gasteiger partial charge in [-0.3, -0.25) is 14.3 Å². The SMILES string of the molecule is CC(=O)CN1CCN(c2nc(N3CCO[C@@H](C)[C@@H]3C)nc(-n3c(C(F)F)nc4ccccc43)n2)CC1. The Hall–Kier alpha value is -3.25. The van der Waals surface area contributed by atoms with Crippen LogP contribution in [0.4, 0.5) is 20.7 Å². The summed E-state index contributed by atoms with van der Waals surface area (Å²) in [6.07, 6.45) is -2.85. The number of aromatic nitrogens is 5. The van der Waals surface area contributed by atoms with Gasteiger partial charge in [0.05, 0.1) is 36.3 Å². The van der Waals surface area contributed by atoms with E-state index in [1.54, 1.807) is 31.2 Å². The summed E-state index contributed by atoms with van der Waals surface area (Å²) < 4.78 is 35.3. The first kappa shape index (κ1) is 24.4. The molecule has 2 fully saturated rings. The summed E-state index contributed by atoms with van der Waals surface area (Å²) in [7, 11) is 0. The highest BCUT2D eigenvalue weighted by Gasteiger charge is 2.31. The van der Waals surface area contributed by atoms with Gasteiger partial charge in [0.2, 0.25) is 17.8 Å². The van der Waals surface area contributed by atoms with E-state index in [9.17, 15) is 13.6 Å². The Morgan fingerprint density at radius 2 is 1.69 bits per heavy atom. The number of benzene rings is 1. The van der Waals surface area contributed by atoms with E-state index in [2.05, 4.69) is 19.9 Å². The number of piperazine rings is 1. The second kappa shape index (κ2) is 10.0. The smallest absolute Gasteiger partial charge is 0.296 e. The molecule has 2 aliphatic rings. The molecule has 1 aromatic carbocycles. The Labute approximate surface area is 207 Å². The van der Waals surface area contributed by atoms with E-state index in [0.717, 1.165) is 0 Å². The van der Waals surface area contributed by atoms with Crippen LogP contribution in [0.15, 0.2) is 24.3 Å². The molecule has 0 aliphatic carbocycles. The molecule has 2 saturated heterocycles. The Kier molecular flexibility index (Phi) is 6.80. The van der Waals surface area contributed by atoms with Crippen molar-refractivity contribution in [3.63, 3.8) is 0 Å². The molecule has 5 rings (SSSR count). The highest BCUT2D eigenvalue weighted by molar-refractivity contribution is 5.78. The Bertz CT molecular complexity index is 1240. The Balaban J connectivity index is 1.59. The van der Waals surface area contributed by atoms with Gasteiger partial charge < -0.3 is 14.5 Å². The van der Waals surface area contributed by atoms with E-state index in [-0.39, 0.29) is 23.9 Å². The number of halogens is 2. The van der Waals surface area contributed by atoms with Crippen LogP contribution in [0.25, 0.3) is 17.0 Å². The lowest BCUT2D eigenvalue weighted by Gasteiger charge is -2.38. The largest absolute Gasteiger partial charge is 0.375 e. The highest BCUT2D eigenvalue weighted by atomic mass is 19.3. The van der Waals surface area contributed by atoms with Gasteiger partial charge in [-0.05, 0) is 32.9 Å². The molecule has 0 N–H and O–H groups in total. The molecular formula is C24H30F2N8O2. The molecule has 0 spiro atoms. The standard InChI is InChI=1S/C24H30F2N8O2/c1-15(35)14-31-8-10-32(11-9-31)22-28-23(33-12-13-36-17(3)16(33)2)30-24(29-22)34-19-7-5-4-6-18(19)27-21(34)20(25)26/h4-7,16-17,20H,8-14H2,1-3H3/t16-,17-/m0/s1. The minimum absolute atomic E-state index is 0.0108. The minimum Gasteiger partial charge on any atom is -0.375 e. The first-order valence-electron chi connectivity index (χ1n) is 12.2. The highest BCUT2D eigenvalue weighted by Crippen LogP contribution is 2.29. The molecule has 10 nitrogen and oxygen atoms in total. The van der Waals surface area contributed by atoms with Crippen molar-refractivity contribution in [3.8, 4) is 5.95 Å². The van der Waals surface area contributed by atoms with Crippen LogP contribution in [0.2, 0.25) is 0 Å². The number of nitrogens with zero attached hydrogens (tertiary/aromatic N) is 8. The van der Waals surface area contributed by atoms with Crippen LogP contribution in [0.3, 0.4) is 0 Å². The second-order valence-corrected chi connectivity index (χ2v) is 9.31. The van der Waals surface area contributed by atoms with Crippen LogP contribution in [-0.4, -0.2) is 93.2 Å². The minimum atomic E-state index is -2.81. The number of morpholine rings is 1. The van der Waals surface area contributed by atoms with Crippen molar-refractivity contribution >= 4 is 28.7 Å². The summed E-state index contributed by atoms with van der Waals surface area (Å²) in [5, 5.41) is 0. The van der Waals surface area contributed by atoms with Crippen LogP contribution in [0, 0.1) is 0 Å². The molecule has 0 radical (unpaired) electrons. The van der Waals surface area contributed by atoms with E-state index in [1.807, 2.05) is 23.6 Å². The number of carbonyl (C=O) groups excluding carboxylic acids is 1. The maximum Gasteiger partial charge on any atom is 0.296 e. The number of fused-ring (bicyclic) bond motifs is 1. The summed E-state index contributed by atoms with van der Waals surface area (Å²) in [6.45, 7) is 9.68. The van der Waals surface area contributed by atoms with Crippen molar-refractivity contribution in [2.24, 2.45) is 0 Å². The molecule has 3 aromatic rings. The van der Waals surface area contributed by atoms with Crippen molar-refractivity contribution in [3.05, 3.63) is 30.1 Å². The van der Waals surface area contributed by atoms with Crippen molar-refractivity contribution in [2.75, 3.05) is 55.7 Å². The van der Waals surface area contributed by atoms with Gasteiger partial charge in [-0.15, -0.1) is 0 Å². The maximum absolute atomic E-state index is 14.1. The Morgan fingerprint density at radius 3 is 2.42 bits per heavy atom. The van der Waals surface area contributed by atoms with E-state index >= 15 is 0 Å². The fourth-order valence-electron chi connectivity index (χ4n) is 4.75. The van der Waals surface area contributed by atoms with Crippen molar-refractivity contribution < 1.29 is 18.3 Å². The van der Waals surface area contributed by atoms with Gasteiger partial charge in [-0.2, -0.15) is 15.0 Å². The molecular weight excluding hydrogens is 470 g/mol. The third-order valence-corrected chi connectivity index (χ3v) is 6.82. The molecule has 36 heavy (non-hydrogen) atoms. The van der Waals surface area contributed by atoms with Crippen molar-refractivity contribution in [1.82, 2.24) is 29.4 Å². The number of hydrogen-bond donors (Lipinski definition) is 0.